The highest BCUT2D eigenvalue weighted by Crippen LogP contribution is 2.26. The van der Waals surface area contributed by atoms with Crippen LogP contribution in [-0.2, 0) is 16.8 Å². The summed E-state index contributed by atoms with van der Waals surface area (Å²) in [7, 11) is 0. The summed E-state index contributed by atoms with van der Waals surface area (Å²) < 4.78 is 0. The molecule has 0 aliphatic rings. The number of carbonyl (C=O) groups is 1. The first kappa shape index (κ1) is 17.9. The van der Waals surface area contributed by atoms with Crippen LogP contribution in [0.4, 0.5) is 5.69 Å². The van der Waals surface area contributed by atoms with Gasteiger partial charge in [0.1, 0.15) is 0 Å². The molecule has 1 amide bonds. The predicted molar refractivity (Wildman–Crippen MR) is 109 cm³/mol. The number of anilines is 1. The van der Waals surface area contributed by atoms with Crippen molar-refractivity contribution in [1.29, 1.82) is 0 Å². The molecule has 3 aromatic rings. The molecule has 0 radical (unpaired) electrons. The lowest BCUT2D eigenvalue weighted by atomic mass is 9.87. The van der Waals surface area contributed by atoms with Crippen molar-refractivity contribution in [3.63, 3.8) is 0 Å². The van der Waals surface area contributed by atoms with Crippen LogP contribution >= 0.6 is 0 Å². The molecule has 0 bridgehead atoms. The minimum absolute atomic E-state index is 0.109. The van der Waals surface area contributed by atoms with Crippen molar-refractivity contribution in [3.8, 4) is 11.1 Å². The Balaban J connectivity index is 1.75. The average Bonchev–Trinajstić information content (AvgIpc) is 2.67. The Kier molecular flexibility index (Phi) is 5.22. The molecule has 0 aliphatic carbocycles. The molecule has 3 aromatic carbocycles. The van der Waals surface area contributed by atoms with Gasteiger partial charge >= 0.3 is 0 Å². The Labute approximate surface area is 156 Å². The molecule has 0 spiro atoms. The molecule has 2 nitrogen and oxygen atoms in total. The van der Waals surface area contributed by atoms with Crippen molar-refractivity contribution in [2.75, 3.05) is 4.90 Å². The van der Waals surface area contributed by atoms with Gasteiger partial charge in [0.05, 0.1) is 6.54 Å². The third kappa shape index (κ3) is 4.20. The van der Waals surface area contributed by atoms with E-state index in [-0.39, 0.29) is 5.41 Å². The van der Waals surface area contributed by atoms with Crippen LogP contribution in [0.5, 0.6) is 0 Å². The molecule has 0 fully saturated rings. The number of nitrogens with zero attached hydrogens (tertiary/aromatic N) is 1. The molecule has 0 saturated carbocycles. The fourth-order valence-electron chi connectivity index (χ4n) is 2.97. The molecule has 132 valence electrons. The summed E-state index contributed by atoms with van der Waals surface area (Å²) in [5.74, 6) is 0. The quantitative estimate of drug-likeness (QED) is 0.535. The van der Waals surface area contributed by atoms with Gasteiger partial charge in [-0.05, 0) is 39.8 Å². The zero-order valence-electron chi connectivity index (χ0n) is 15.6. The Morgan fingerprint density at radius 2 is 1.35 bits per heavy atom. The van der Waals surface area contributed by atoms with Gasteiger partial charge in [0.15, 0.2) is 0 Å². The third-order valence-electron chi connectivity index (χ3n) is 4.61. The Morgan fingerprint density at radius 1 is 0.769 bits per heavy atom. The van der Waals surface area contributed by atoms with Crippen molar-refractivity contribution < 1.29 is 4.79 Å². The highest BCUT2D eigenvalue weighted by atomic mass is 16.1. The van der Waals surface area contributed by atoms with E-state index in [0.29, 0.717) is 6.54 Å². The first-order valence-electron chi connectivity index (χ1n) is 8.94. The maximum atomic E-state index is 11.6. The first-order chi connectivity index (χ1) is 12.5. The number of benzene rings is 3. The van der Waals surface area contributed by atoms with Crippen molar-refractivity contribution in [3.05, 3.63) is 90.0 Å². The fourth-order valence-corrected chi connectivity index (χ4v) is 2.97. The second kappa shape index (κ2) is 7.57. The van der Waals surface area contributed by atoms with Crippen LogP contribution in [0.2, 0.25) is 0 Å². The van der Waals surface area contributed by atoms with Crippen molar-refractivity contribution in [2.45, 2.75) is 32.7 Å². The van der Waals surface area contributed by atoms with Crippen LogP contribution < -0.4 is 4.90 Å². The average molecular weight is 343 g/mol. The molecular formula is C24H25NO. The molecule has 0 saturated heterocycles. The van der Waals surface area contributed by atoms with E-state index in [9.17, 15) is 4.79 Å². The van der Waals surface area contributed by atoms with E-state index < -0.39 is 0 Å². The van der Waals surface area contributed by atoms with Crippen LogP contribution in [0, 0.1) is 0 Å². The third-order valence-corrected chi connectivity index (χ3v) is 4.61. The van der Waals surface area contributed by atoms with Gasteiger partial charge < -0.3 is 4.90 Å². The molecule has 0 atom stereocenters. The van der Waals surface area contributed by atoms with Gasteiger partial charge in [0, 0.05) is 5.69 Å². The van der Waals surface area contributed by atoms with Gasteiger partial charge in [-0.1, -0.05) is 87.5 Å². The van der Waals surface area contributed by atoms with Crippen molar-refractivity contribution in [2.24, 2.45) is 0 Å². The summed E-state index contributed by atoms with van der Waals surface area (Å²) in [5.41, 5.74) is 5.78. The highest BCUT2D eigenvalue weighted by Gasteiger charge is 2.14. The van der Waals surface area contributed by atoms with E-state index in [0.717, 1.165) is 17.7 Å². The van der Waals surface area contributed by atoms with Crippen LogP contribution in [0.15, 0.2) is 78.9 Å². The monoisotopic (exact) mass is 343 g/mol. The van der Waals surface area contributed by atoms with Crippen LogP contribution in [0.1, 0.15) is 31.9 Å². The number of hydrogen-bond acceptors (Lipinski definition) is 1. The maximum absolute atomic E-state index is 11.6. The van der Waals surface area contributed by atoms with Crippen LogP contribution in [0.3, 0.4) is 0 Å². The van der Waals surface area contributed by atoms with E-state index in [4.69, 9.17) is 0 Å². The first-order valence-corrected chi connectivity index (χ1v) is 8.94. The van der Waals surface area contributed by atoms with Gasteiger partial charge in [-0.3, -0.25) is 4.79 Å². The lowest BCUT2D eigenvalue weighted by Crippen LogP contribution is -2.20. The predicted octanol–water partition coefficient (Wildman–Crippen LogP) is 5.81. The van der Waals surface area contributed by atoms with Gasteiger partial charge in [0.2, 0.25) is 6.41 Å². The summed E-state index contributed by atoms with van der Waals surface area (Å²) in [6, 6.07) is 26.9. The Hall–Kier alpha value is -2.87. The van der Waals surface area contributed by atoms with Gasteiger partial charge in [-0.25, -0.2) is 0 Å². The minimum Gasteiger partial charge on any atom is -0.311 e. The minimum atomic E-state index is 0.109. The second-order valence-corrected chi connectivity index (χ2v) is 7.59. The van der Waals surface area contributed by atoms with E-state index in [1.807, 2.05) is 30.3 Å². The SMILES string of the molecule is CC(C)(C)c1ccc(N(C=O)Cc2ccc(-c3ccccc3)cc2)cc1. The summed E-state index contributed by atoms with van der Waals surface area (Å²) in [6.45, 7) is 7.13. The zero-order valence-corrected chi connectivity index (χ0v) is 15.6. The molecule has 26 heavy (non-hydrogen) atoms. The molecule has 0 unspecified atom stereocenters. The van der Waals surface area contributed by atoms with E-state index in [2.05, 4.69) is 69.3 Å². The molecular weight excluding hydrogens is 318 g/mol. The van der Waals surface area contributed by atoms with Crippen LogP contribution in [-0.4, -0.2) is 6.41 Å². The van der Waals surface area contributed by atoms with Gasteiger partial charge in [-0.2, -0.15) is 0 Å². The van der Waals surface area contributed by atoms with Crippen LogP contribution in [0.25, 0.3) is 11.1 Å². The van der Waals surface area contributed by atoms with E-state index in [1.165, 1.54) is 16.7 Å². The molecule has 0 heterocycles. The maximum Gasteiger partial charge on any atom is 0.214 e. The Bertz CT molecular complexity index is 843. The molecule has 0 aliphatic heterocycles. The molecule has 0 N–H and O–H groups in total. The Morgan fingerprint density at radius 3 is 1.88 bits per heavy atom. The van der Waals surface area contributed by atoms with Gasteiger partial charge in [-0.15, -0.1) is 0 Å². The second-order valence-electron chi connectivity index (χ2n) is 7.59. The summed E-state index contributed by atoms with van der Waals surface area (Å²) in [4.78, 5) is 13.3. The molecule has 3 rings (SSSR count). The van der Waals surface area contributed by atoms with E-state index in [1.54, 1.807) is 4.90 Å². The number of hydrogen-bond donors (Lipinski definition) is 0. The lowest BCUT2D eigenvalue weighted by molar-refractivity contribution is -0.107. The fraction of sp³-hybridized carbons (Fsp3) is 0.208. The zero-order chi connectivity index (χ0) is 18.6. The van der Waals surface area contributed by atoms with Crippen molar-refractivity contribution >= 4 is 12.1 Å². The topological polar surface area (TPSA) is 20.3 Å². The summed E-state index contributed by atoms with van der Waals surface area (Å²) in [5, 5.41) is 0. The normalized spacial score (nSPS) is 11.2. The molecule has 0 aromatic heterocycles. The summed E-state index contributed by atoms with van der Waals surface area (Å²) >= 11 is 0. The molecule has 2 heteroatoms. The lowest BCUT2D eigenvalue weighted by Gasteiger charge is -2.22. The standard InChI is InChI=1S/C24H25NO/c1-24(2,3)22-13-15-23(16-14-22)25(18-26)17-19-9-11-21(12-10-19)20-7-5-4-6-8-20/h4-16,18H,17H2,1-3H3. The number of carbonyl (C=O) groups excluding carboxylic acids is 1. The number of rotatable bonds is 5. The largest absolute Gasteiger partial charge is 0.311 e. The number of amides is 1. The van der Waals surface area contributed by atoms with E-state index >= 15 is 0 Å². The highest BCUT2D eigenvalue weighted by molar-refractivity contribution is 5.75. The summed E-state index contributed by atoms with van der Waals surface area (Å²) in [6.07, 6.45) is 0.900. The van der Waals surface area contributed by atoms with Gasteiger partial charge in [0.25, 0.3) is 0 Å². The smallest absolute Gasteiger partial charge is 0.214 e. The van der Waals surface area contributed by atoms with Crippen molar-refractivity contribution in [1.82, 2.24) is 0 Å².